The average Bonchev–Trinajstić information content (AvgIpc) is 2.92. The summed E-state index contributed by atoms with van der Waals surface area (Å²) in [6.45, 7) is 2.81. The van der Waals surface area contributed by atoms with Crippen LogP contribution in [-0.4, -0.2) is 43.4 Å². The molecule has 0 radical (unpaired) electrons. The van der Waals surface area contributed by atoms with Gasteiger partial charge in [0.15, 0.2) is 0 Å². The van der Waals surface area contributed by atoms with Gasteiger partial charge in [-0.05, 0) is 30.5 Å². The molecule has 0 fully saturated rings. The molecule has 5 nitrogen and oxygen atoms in total. The lowest BCUT2D eigenvalue weighted by Crippen LogP contribution is -2.36. The lowest BCUT2D eigenvalue weighted by atomic mass is 10.1. The molecule has 2 heterocycles. The van der Waals surface area contributed by atoms with Gasteiger partial charge < -0.3 is 15.5 Å². The molecule has 0 unspecified atom stereocenters. The van der Waals surface area contributed by atoms with E-state index in [4.69, 9.17) is 0 Å². The zero-order valence-electron chi connectivity index (χ0n) is 11.8. The molecule has 0 atom stereocenters. The van der Waals surface area contributed by atoms with E-state index in [-0.39, 0.29) is 18.2 Å². The summed E-state index contributed by atoms with van der Waals surface area (Å²) < 4.78 is 0. The standard InChI is InChI=1S/C14H21N3O2S/c1-15-6-7-16-13(18)2-3-14(19)17-8-4-12-11(10-17)5-9-20-12/h5,9,15H,2-4,6-8,10H2,1H3,(H,16,18). The minimum Gasteiger partial charge on any atom is -0.355 e. The number of hydrogen-bond donors (Lipinski definition) is 2. The lowest BCUT2D eigenvalue weighted by molar-refractivity contribution is -0.134. The highest BCUT2D eigenvalue weighted by atomic mass is 32.1. The van der Waals surface area contributed by atoms with Crippen molar-refractivity contribution in [1.82, 2.24) is 15.5 Å². The zero-order chi connectivity index (χ0) is 14.4. The highest BCUT2D eigenvalue weighted by molar-refractivity contribution is 7.10. The van der Waals surface area contributed by atoms with Crippen LogP contribution in [0.5, 0.6) is 0 Å². The van der Waals surface area contributed by atoms with Crippen molar-refractivity contribution in [3.8, 4) is 0 Å². The van der Waals surface area contributed by atoms with Crippen molar-refractivity contribution in [2.75, 3.05) is 26.7 Å². The van der Waals surface area contributed by atoms with Crippen LogP contribution in [0.4, 0.5) is 0 Å². The smallest absolute Gasteiger partial charge is 0.223 e. The van der Waals surface area contributed by atoms with Crippen LogP contribution in [-0.2, 0) is 22.6 Å². The number of nitrogens with zero attached hydrogens (tertiary/aromatic N) is 1. The van der Waals surface area contributed by atoms with E-state index in [1.165, 1.54) is 10.4 Å². The molecule has 2 amide bonds. The van der Waals surface area contributed by atoms with Crippen LogP contribution in [0, 0.1) is 0 Å². The number of thiophene rings is 1. The summed E-state index contributed by atoms with van der Waals surface area (Å²) in [5.41, 5.74) is 1.26. The fourth-order valence-corrected chi connectivity index (χ4v) is 3.14. The Bertz CT molecular complexity index is 473. The molecule has 0 bridgehead atoms. The number of fused-ring (bicyclic) bond motifs is 1. The fourth-order valence-electron chi connectivity index (χ4n) is 2.26. The monoisotopic (exact) mass is 295 g/mol. The maximum Gasteiger partial charge on any atom is 0.223 e. The SMILES string of the molecule is CNCCNC(=O)CCC(=O)N1CCc2sccc2C1. The maximum absolute atomic E-state index is 12.1. The first kappa shape index (κ1) is 15.0. The Kier molecular flexibility index (Phi) is 5.55. The average molecular weight is 295 g/mol. The third-order valence-corrected chi connectivity index (χ3v) is 4.45. The van der Waals surface area contributed by atoms with E-state index in [9.17, 15) is 9.59 Å². The second-order valence-corrected chi connectivity index (χ2v) is 5.89. The number of rotatable bonds is 6. The minimum absolute atomic E-state index is 0.0539. The summed E-state index contributed by atoms with van der Waals surface area (Å²) in [4.78, 5) is 26.9. The highest BCUT2D eigenvalue weighted by Crippen LogP contribution is 2.24. The molecule has 2 N–H and O–H groups in total. The highest BCUT2D eigenvalue weighted by Gasteiger charge is 2.21. The Labute approximate surface area is 123 Å². The summed E-state index contributed by atoms with van der Waals surface area (Å²) in [6.07, 6.45) is 1.51. The predicted molar refractivity (Wildman–Crippen MR) is 79.6 cm³/mol. The summed E-state index contributed by atoms with van der Waals surface area (Å²) in [5.74, 6) is 0.0208. The fraction of sp³-hybridized carbons (Fsp3) is 0.571. The van der Waals surface area contributed by atoms with Crippen molar-refractivity contribution in [3.63, 3.8) is 0 Å². The minimum atomic E-state index is -0.0539. The normalized spacial score (nSPS) is 13.9. The van der Waals surface area contributed by atoms with Gasteiger partial charge >= 0.3 is 0 Å². The lowest BCUT2D eigenvalue weighted by Gasteiger charge is -2.27. The van der Waals surface area contributed by atoms with Crippen LogP contribution in [0.25, 0.3) is 0 Å². The van der Waals surface area contributed by atoms with Gasteiger partial charge in [0.2, 0.25) is 11.8 Å². The first-order chi connectivity index (χ1) is 9.70. The van der Waals surface area contributed by atoms with Crippen LogP contribution < -0.4 is 10.6 Å². The molecule has 1 aromatic heterocycles. The quantitative estimate of drug-likeness (QED) is 0.761. The van der Waals surface area contributed by atoms with Gasteiger partial charge in [-0.25, -0.2) is 0 Å². The second kappa shape index (κ2) is 7.40. The van der Waals surface area contributed by atoms with Gasteiger partial charge in [0.25, 0.3) is 0 Å². The summed E-state index contributed by atoms with van der Waals surface area (Å²) >= 11 is 1.76. The Morgan fingerprint density at radius 2 is 2.20 bits per heavy atom. The number of nitrogens with one attached hydrogen (secondary N) is 2. The van der Waals surface area contributed by atoms with E-state index in [1.54, 1.807) is 11.3 Å². The van der Waals surface area contributed by atoms with E-state index in [0.717, 1.165) is 19.5 Å². The molecule has 6 heteroatoms. The Morgan fingerprint density at radius 1 is 1.35 bits per heavy atom. The van der Waals surface area contributed by atoms with Crippen LogP contribution in [0.1, 0.15) is 23.3 Å². The van der Waals surface area contributed by atoms with E-state index < -0.39 is 0 Å². The maximum atomic E-state index is 12.1. The van der Waals surface area contributed by atoms with E-state index in [0.29, 0.717) is 19.5 Å². The molecule has 0 aliphatic carbocycles. The van der Waals surface area contributed by atoms with Crippen molar-refractivity contribution in [3.05, 3.63) is 21.9 Å². The Balaban J connectivity index is 1.72. The van der Waals surface area contributed by atoms with Gasteiger partial charge in [-0.1, -0.05) is 0 Å². The number of hydrogen-bond acceptors (Lipinski definition) is 4. The Hall–Kier alpha value is -1.40. The van der Waals surface area contributed by atoms with Crippen LogP contribution >= 0.6 is 11.3 Å². The summed E-state index contributed by atoms with van der Waals surface area (Å²) in [7, 11) is 1.84. The van der Waals surface area contributed by atoms with E-state index in [1.807, 2.05) is 11.9 Å². The molecule has 1 aliphatic rings. The third kappa shape index (κ3) is 4.05. The van der Waals surface area contributed by atoms with Gasteiger partial charge in [0.1, 0.15) is 0 Å². The summed E-state index contributed by atoms with van der Waals surface area (Å²) in [6, 6.07) is 2.09. The Morgan fingerprint density at radius 3 is 3.00 bits per heavy atom. The van der Waals surface area contributed by atoms with Gasteiger partial charge in [0, 0.05) is 43.9 Å². The van der Waals surface area contributed by atoms with Gasteiger partial charge in [0.05, 0.1) is 0 Å². The van der Waals surface area contributed by atoms with Crippen molar-refractivity contribution in [2.24, 2.45) is 0 Å². The molecular formula is C14H21N3O2S. The number of carbonyl (C=O) groups excluding carboxylic acids is 2. The molecule has 0 saturated heterocycles. The molecule has 0 spiro atoms. The molecule has 20 heavy (non-hydrogen) atoms. The van der Waals surface area contributed by atoms with Crippen LogP contribution in [0.3, 0.4) is 0 Å². The van der Waals surface area contributed by atoms with E-state index >= 15 is 0 Å². The van der Waals surface area contributed by atoms with Gasteiger partial charge in [-0.15, -0.1) is 11.3 Å². The van der Waals surface area contributed by atoms with Crippen molar-refractivity contribution >= 4 is 23.2 Å². The molecule has 1 aromatic rings. The number of carbonyl (C=O) groups is 2. The zero-order valence-corrected chi connectivity index (χ0v) is 12.6. The molecule has 1 aliphatic heterocycles. The second-order valence-electron chi connectivity index (χ2n) is 4.89. The topological polar surface area (TPSA) is 61.4 Å². The molecule has 110 valence electrons. The van der Waals surface area contributed by atoms with Gasteiger partial charge in [-0.3, -0.25) is 9.59 Å². The van der Waals surface area contributed by atoms with Gasteiger partial charge in [-0.2, -0.15) is 0 Å². The predicted octanol–water partition coefficient (Wildman–Crippen LogP) is 0.749. The number of amides is 2. The molecular weight excluding hydrogens is 274 g/mol. The van der Waals surface area contributed by atoms with Crippen LogP contribution in [0.15, 0.2) is 11.4 Å². The van der Waals surface area contributed by atoms with Crippen molar-refractivity contribution in [1.29, 1.82) is 0 Å². The summed E-state index contributed by atoms with van der Waals surface area (Å²) in [5, 5.41) is 7.82. The van der Waals surface area contributed by atoms with Crippen LogP contribution in [0.2, 0.25) is 0 Å². The van der Waals surface area contributed by atoms with E-state index in [2.05, 4.69) is 22.1 Å². The molecule has 0 aromatic carbocycles. The van der Waals surface area contributed by atoms with Crippen molar-refractivity contribution < 1.29 is 9.59 Å². The molecule has 0 saturated carbocycles. The number of likely N-dealkylation sites (N-methyl/N-ethyl adjacent to an activating group) is 1. The third-order valence-electron chi connectivity index (χ3n) is 3.42. The van der Waals surface area contributed by atoms with Crippen molar-refractivity contribution in [2.45, 2.75) is 25.8 Å². The largest absolute Gasteiger partial charge is 0.355 e. The molecule has 2 rings (SSSR count). The first-order valence-corrected chi connectivity index (χ1v) is 7.83. The first-order valence-electron chi connectivity index (χ1n) is 6.95.